The van der Waals surface area contributed by atoms with Crippen LogP contribution in [-0.4, -0.2) is 6.61 Å². The van der Waals surface area contributed by atoms with Crippen molar-refractivity contribution in [1.82, 2.24) is 0 Å². The van der Waals surface area contributed by atoms with Gasteiger partial charge in [0.2, 0.25) is 0 Å². The van der Waals surface area contributed by atoms with Crippen molar-refractivity contribution in [3.8, 4) is 5.75 Å². The largest absolute Gasteiger partial charge is 0.493 e. The standard InChI is InChI=1S/C17H18BrNO/c1-2-16(19-15-6-4-14(18)5-7-15)12-3-8-17-13(11-12)9-10-20-17/h3-8,11,16,19H,2,9-10H2,1H3. The molecule has 20 heavy (non-hydrogen) atoms. The fraction of sp³-hybridized carbons (Fsp3) is 0.294. The molecule has 1 aliphatic heterocycles. The predicted molar refractivity (Wildman–Crippen MR) is 86.4 cm³/mol. The van der Waals surface area contributed by atoms with Crippen LogP contribution in [0.2, 0.25) is 0 Å². The molecule has 1 heterocycles. The summed E-state index contributed by atoms with van der Waals surface area (Å²) in [6.45, 7) is 3.02. The first-order chi connectivity index (χ1) is 9.76. The highest BCUT2D eigenvalue weighted by Crippen LogP contribution is 2.30. The van der Waals surface area contributed by atoms with Gasteiger partial charge in [0.1, 0.15) is 5.75 Å². The number of benzene rings is 2. The summed E-state index contributed by atoms with van der Waals surface area (Å²) in [5, 5.41) is 3.60. The first kappa shape index (κ1) is 13.5. The molecule has 1 N–H and O–H groups in total. The molecule has 1 unspecified atom stereocenters. The van der Waals surface area contributed by atoms with E-state index in [2.05, 4.69) is 70.6 Å². The van der Waals surface area contributed by atoms with Crippen LogP contribution in [0.25, 0.3) is 0 Å². The van der Waals surface area contributed by atoms with Gasteiger partial charge in [-0.1, -0.05) is 28.9 Å². The fourth-order valence-corrected chi connectivity index (χ4v) is 2.86. The third kappa shape index (κ3) is 2.83. The average molecular weight is 332 g/mol. The van der Waals surface area contributed by atoms with Gasteiger partial charge < -0.3 is 10.1 Å². The summed E-state index contributed by atoms with van der Waals surface area (Å²) in [6.07, 6.45) is 2.08. The van der Waals surface area contributed by atoms with E-state index in [1.165, 1.54) is 11.1 Å². The number of halogens is 1. The SMILES string of the molecule is CCC(Nc1ccc(Br)cc1)c1ccc2c(c1)CCO2. The number of nitrogens with one attached hydrogen (secondary N) is 1. The van der Waals surface area contributed by atoms with Crippen molar-refractivity contribution in [1.29, 1.82) is 0 Å². The van der Waals surface area contributed by atoms with Crippen molar-refractivity contribution in [3.05, 3.63) is 58.1 Å². The van der Waals surface area contributed by atoms with Gasteiger partial charge in [0.05, 0.1) is 12.6 Å². The minimum atomic E-state index is 0.335. The number of ether oxygens (including phenoxy) is 1. The first-order valence-electron chi connectivity index (χ1n) is 7.04. The van der Waals surface area contributed by atoms with Crippen LogP contribution in [0, 0.1) is 0 Å². The molecule has 2 aromatic rings. The Morgan fingerprint density at radius 2 is 2.00 bits per heavy atom. The molecule has 0 aromatic heterocycles. The van der Waals surface area contributed by atoms with Crippen LogP contribution in [0.4, 0.5) is 5.69 Å². The lowest BCUT2D eigenvalue weighted by Crippen LogP contribution is -2.09. The van der Waals surface area contributed by atoms with Crippen molar-refractivity contribution >= 4 is 21.6 Å². The van der Waals surface area contributed by atoms with Crippen LogP contribution in [0.15, 0.2) is 46.9 Å². The van der Waals surface area contributed by atoms with Crippen molar-refractivity contribution in [2.75, 3.05) is 11.9 Å². The number of hydrogen-bond acceptors (Lipinski definition) is 2. The lowest BCUT2D eigenvalue weighted by molar-refractivity contribution is 0.357. The van der Waals surface area contributed by atoms with E-state index in [4.69, 9.17) is 4.74 Å². The molecule has 1 atom stereocenters. The maximum atomic E-state index is 5.57. The van der Waals surface area contributed by atoms with Crippen LogP contribution >= 0.6 is 15.9 Å². The predicted octanol–water partition coefficient (Wildman–Crippen LogP) is 4.95. The van der Waals surface area contributed by atoms with Gasteiger partial charge in [-0.25, -0.2) is 0 Å². The third-order valence-corrected chi connectivity index (χ3v) is 4.24. The molecule has 0 saturated carbocycles. The Bertz CT molecular complexity index is 594. The third-order valence-electron chi connectivity index (χ3n) is 3.71. The van der Waals surface area contributed by atoms with Crippen molar-refractivity contribution in [2.24, 2.45) is 0 Å². The van der Waals surface area contributed by atoms with E-state index in [-0.39, 0.29) is 0 Å². The van der Waals surface area contributed by atoms with Gasteiger partial charge >= 0.3 is 0 Å². The van der Waals surface area contributed by atoms with E-state index >= 15 is 0 Å². The maximum absolute atomic E-state index is 5.57. The summed E-state index contributed by atoms with van der Waals surface area (Å²) in [5.74, 6) is 1.05. The molecule has 0 radical (unpaired) electrons. The van der Waals surface area contributed by atoms with Crippen LogP contribution in [0.1, 0.15) is 30.5 Å². The zero-order valence-electron chi connectivity index (χ0n) is 11.5. The zero-order chi connectivity index (χ0) is 13.9. The van der Waals surface area contributed by atoms with E-state index in [1.807, 2.05) is 0 Å². The molecular weight excluding hydrogens is 314 g/mol. The Morgan fingerprint density at radius 1 is 1.20 bits per heavy atom. The summed E-state index contributed by atoms with van der Waals surface area (Å²) in [6, 6.07) is 15.2. The highest BCUT2D eigenvalue weighted by Gasteiger charge is 2.16. The minimum Gasteiger partial charge on any atom is -0.493 e. The summed E-state index contributed by atoms with van der Waals surface area (Å²) < 4.78 is 6.68. The number of fused-ring (bicyclic) bond motifs is 1. The second kappa shape index (κ2) is 5.88. The number of rotatable bonds is 4. The van der Waals surface area contributed by atoms with Gasteiger partial charge in [0.25, 0.3) is 0 Å². The monoisotopic (exact) mass is 331 g/mol. The molecule has 3 heteroatoms. The van der Waals surface area contributed by atoms with Crippen molar-refractivity contribution in [3.63, 3.8) is 0 Å². The second-order valence-electron chi connectivity index (χ2n) is 5.08. The molecule has 2 aromatic carbocycles. The van der Waals surface area contributed by atoms with E-state index in [9.17, 15) is 0 Å². The van der Waals surface area contributed by atoms with Crippen molar-refractivity contribution < 1.29 is 4.74 Å². The van der Waals surface area contributed by atoms with Crippen LogP contribution in [0.3, 0.4) is 0 Å². The molecule has 0 saturated heterocycles. The number of anilines is 1. The molecule has 0 fully saturated rings. The quantitative estimate of drug-likeness (QED) is 0.856. The zero-order valence-corrected chi connectivity index (χ0v) is 13.1. The van der Waals surface area contributed by atoms with Crippen molar-refractivity contribution in [2.45, 2.75) is 25.8 Å². The second-order valence-corrected chi connectivity index (χ2v) is 5.99. The van der Waals surface area contributed by atoms with E-state index in [1.54, 1.807) is 0 Å². The maximum Gasteiger partial charge on any atom is 0.122 e. The smallest absolute Gasteiger partial charge is 0.122 e. The van der Waals surface area contributed by atoms with E-state index < -0.39 is 0 Å². The molecule has 2 nitrogen and oxygen atoms in total. The number of hydrogen-bond donors (Lipinski definition) is 1. The Kier molecular flexibility index (Phi) is 3.97. The summed E-state index contributed by atoms with van der Waals surface area (Å²) in [4.78, 5) is 0. The van der Waals surface area contributed by atoms with E-state index in [0.717, 1.165) is 35.4 Å². The molecule has 0 amide bonds. The van der Waals surface area contributed by atoms with Crippen LogP contribution in [0.5, 0.6) is 5.75 Å². The summed E-state index contributed by atoms with van der Waals surface area (Å²) in [7, 11) is 0. The Balaban J connectivity index is 1.81. The molecule has 0 aliphatic carbocycles. The van der Waals surface area contributed by atoms with Gasteiger partial charge in [0, 0.05) is 16.6 Å². The Labute approximate surface area is 128 Å². The summed E-state index contributed by atoms with van der Waals surface area (Å²) >= 11 is 3.47. The average Bonchev–Trinajstić information content (AvgIpc) is 2.94. The Hall–Kier alpha value is -1.48. The van der Waals surface area contributed by atoms with Crippen LogP contribution < -0.4 is 10.1 Å². The highest BCUT2D eigenvalue weighted by molar-refractivity contribution is 9.10. The fourth-order valence-electron chi connectivity index (χ4n) is 2.59. The molecule has 3 rings (SSSR count). The van der Waals surface area contributed by atoms with Gasteiger partial charge in [-0.2, -0.15) is 0 Å². The normalized spacial score (nSPS) is 14.5. The summed E-state index contributed by atoms with van der Waals surface area (Å²) in [5.41, 5.74) is 3.81. The minimum absolute atomic E-state index is 0.335. The van der Waals surface area contributed by atoms with Gasteiger partial charge in [0.15, 0.2) is 0 Å². The Morgan fingerprint density at radius 3 is 2.75 bits per heavy atom. The first-order valence-corrected chi connectivity index (χ1v) is 7.83. The van der Waals surface area contributed by atoms with Gasteiger partial charge in [-0.15, -0.1) is 0 Å². The lowest BCUT2D eigenvalue weighted by Gasteiger charge is -2.19. The molecule has 104 valence electrons. The highest BCUT2D eigenvalue weighted by atomic mass is 79.9. The van der Waals surface area contributed by atoms with E-state index in [0.29, 0.717) is 6.04 Å². The molecule has 0 spiro atoms. The molecule has 1 aliphatic rings. The van der Waals surface area contributed by atoms with Gasteiger partial charge in [-0.3, -0.25) is 0 Å². The molecule has 0 bridgehead atoms. The van der Waals surface area contributed by atoms with Crippen LogP contribution in [-0.2, 0) is 6.42 Å². The van der Waals surface area contributed by atoms with Gasteiger partial charge in [-0.05, 0) is 53.9 Å². The lowest BCUT2D eigenvalue weighted by atomic mass is 10.0. The topological polar surface area (TPSA) is 21.3 Å². The molecular formula is C17H18BrNO.